The lowest BCUT2D eigenvalue weighted by Gasteiger charge is -2.10. The van der Waals surface area contributed by atoms with E-state index in [4.69, 9.17) is 5.26 Å². The topological polar surface area (TPSA) is 67.2 Å². The van der Waals surface area contributed by atoms with E-state index in [0.717, 1.165) is 13.2 Å². The van der Waals surface area contributed by atoms with Crippen molar-refractivity contribution in [2.24, 2.45) is 0 Å². The molecule has 0 saturated heterocycles. The van der Waals surface area contributed by atoms with Crippen molar-refractivity contribution >= 4 is 12.3 Å². The molecular formula is C12H9F2NO3. The summed E-state index contributed by atoms with van der Waals surface area (Å²) in [5.74, 6) is -0.673. The van der Waals surface area contributed by atoms with E-state index in [-0.39, 0.29) is 29.4 Å². The highest BCUT2D eigenvalue weighted by Gasteiger charge is 2.19. The van der Waals surface area contributed by atoms with Gasteiger partial charge in [0.2, 0.25) is 0 Å². The maximum absolute atomic E-state index is 12.7. The molecule has 0 aliphatic rings. The van der Waals surface area contributed by atoms with Gasteiger partial charge >= 0.3 is 5.97 Å². The second kappa shape index (κ2) is 5.87. The lowest BCUT2D eigenvalue weighted by Crippen LogP contribution is -2.09. The van der Waals surface area contributed by atoms with Crippen LogP contribution in [0.5, 0.6) is 0 Å². The Labute approximate surface area is 102 Å². The molecule has 0 spiro atoms. The predicted octanol–water partition coefficient (Wildman–Crippen LogP) is 2.02. The Bertz CT molecular complexity index is 521. The third-order valence-corrected chi connectivity index (χ3v) is 2.34. The first-order valence-corrected chi connectivity index (χ1v) is 4.90. The summed E-state index contributed by atoms with van der Waals surface area (Å²) in [4.78, 5) is 22.0. The Morgan fingerprint density at radius 2 is 2.22 bits per heavy atom. The van der Waals surface area contributed by atoms with E-state index in [1.54, 1.807) is 6.07 Å². The van der Waals surface area contributed by atoms with E-state index < -0.39 is 18.0 Å². The molecule has 0 saturated carbocycles. The van der Waals surface area contributed by atoms with Crippen LogP contribution in [0, 0.1) is 11.3 Å². The lowest BCUT2D eigenvalue weighted by atomic mass is 9.97. The van der Waals surface area contributed by atoms with Gasteiger partial charge in [-0.25, -0.2) is 8.78 Å². The molecule has 0 radical (unpaired) electrons. The number of carbonyl (C=O) groups excluding carboxylic acids is 2. The lowest BCUT2D eigenvalue weighted by molar-refractivity contribution is -0.139. The fourth-order valence-electron chi connectivity index (χ4n) is 1.50. The average Bonchev–Trinajstić information content (AvgIpc) is 2.37. The number of ether oxygens (including phenoxy) is 1. The van der Waals surface area contributed by atoms with Gasteiger partial charge in [0.1, 0.15) is 0 Å². The summed E-state index contributed by atoms with van der Waals surface area (Å²) >= 11 is 0. The standard InChI is InChI=1S/C12H9F2NO3/c1-18-11(17)4-8-2-7(5-15)3-9(12(13)14)10(8)6-16/h2-3,6,12H,4H2,1H3. The van der Waals surface area contributed by atoms with Crippen LogP contribution in [0.15, 0.2) is 12.1 Å². The molecule has 18 heavy (non-hydrogen) atoms. The second-order valence-corrected chi connectivity index (χ2v) is 3.42. The first kappa shape index (κ1) is 13.8. The number of hydrogen-bond donors (Lipinski definition) is 0. The van der Waals surface area contributed by atoms with Crippen molar-refractivity contribution in [2.45, 2.75) is 12.8 Å². The van der Waals surface area contributed by atoms with E-state index in [0.29, 0.717) is 0 Å². The zero-order valence-corrected chi connectivity index (χ0v) is 9.44. The summed E-state index contributed by atoms with van der Waals surface area (Å²) in [6, 6.07) is 3.87. The first-order chi connectivity index (χ1) is 8.53. The molecule has 0 atom stereocenters. The van der Waals surface area contributed by atoms with Gasteiger partial charge in [-0.05, 0) is 17.7 Å². The number of methoxy groups -OCH3 is 1. The number of rotatable bonds is 4. The number of alkyl halides is 2. The Balaban J connectivity index is 3.38. The smallest absolute Gasteiger partial charge is 0.310 e. The van der Waals surface area contributed by atoms with Crippen molar-refractivity contribution in [2.75, 3.05) is 7.11 Å². The molecule has 0 aromatic heterocycles. The molecule has 1 aromatic rings. The van der Waals surface area contributed by atoms with E-state index in [1.165, 1.54) is 6.07 Å². The van der Waals surface area contributed by atoms with Crippen LogP contribution in [0.4, 0.5) is 8.78 Å². The van der Waals surface area contributed by atoms with Crippen LogP contribution >= 0.6 is 0 Å². The number of nitrogens with zero attached hydrogens (tertiary/aromatic N) is 1. The number of carbonyl (C=O) groups is 2. The molecule has 6 heteroatoms. The number of hydrogen-bond acceptors (Lipinski definition) is 4. The summed E-state index contributed by atoms with van der Waals surface area (Å²) in [5, 5.41) is 8.72. The van der Waals surface area contributed by atoms with Crippen LogP contribution in [-0.2, 0) is 16.0 Å². The highest BCUT2D eigenvalue weighted by molar-refractivity contribution is 5.84. The number of esters is 1. The quantitative estimate of drug-likeness (QED) is 0.608. The van der Waals surface area contributed by atoms with Crippen molar-refractivity contribution in [3.63, 3.8) is 0 Å². The normalized spacial score (nSPS) is 9.94. The number of nitriles is 1. The van der Waals surface area contributed by atoms with Crippen molar-refractivity contribution in [3.05, 3.63) is 34.4 Å². The maximum Gasteiger partial charge on any atom is 0.310 e. The highest BCUT2D eigenvalue weighted by Crippen LogP contribution is 2.26. The molecule has 0 heterocycles. The predicted molar refractivity (Wildman–Crippen MR) is 57.2 cm³/mol. The zero-order chi connectivity index (χ0) is 13.7. The molecule has 0 N–H and O–H groups in total. The molecule has 94 valence electrons. The monoisotopic (exact) mass is 253 g/mol. The Morgan fingerprint density at radius 1 is 1.56 bits per heavy atom. The van der Waals surface area contributed by atoms with E-state index in [2.05, 4.69) is 4.74 Å². The van der Waals surface area contributed by atoms with Crippen molar-refractivity contribution in [1.29, 1.82) is 5.26 Å². The van der Waals surface area contributed by atoms with Crippen molar-refractivity contribution in [1.82, 2.24) is 0 Å². The Morgan fingerprint density at radius 3 is 2.67 bits per heavy atom. The van der Waals surface area contributed by atoms with Gasteiger partial charge in [0.25, 0.3) is 6.43 Å². The third-order valence-electron chi connectivity index (χ3n) is 2.34. The summed E-state index contributed by atoms with van der Waals surface area (Å²) in [7, 11) is 1.14. The third kappa shape index (κ3) is 2.88. The maximum atomic E-state index is 12.7. The number of benzene rings is 1. The average molecular weight is 253 g/mol. The van der Waals surface area contributed by atoms with Gasteiger partial charge in [0, 0.05) is 11.1 Å². The van der Waals surface area contributed by atoms with Gasteiger partial charge in [-0.1, -0.05) is 0 Å². The molecule has 0 unspecified atom stereocenters. The van der Waals surface area contributed by atoms with Crippen LogP contribution < -0.4 is 0 Å². The minimum atomic E-state index is -2.89. The van der Waals surface area contributed by atoms with Gasteiger partial charge in [0.05, 0.1) is 25.2 Å². The van der Waals surface area contributed by atoms with E-state index >= 15 is 0 Å². The van der Waals surface area contributed by atoms with Crippen molar-refractivity contribution < 1.29 is 23.1 Å². The molecule has 0 aliphatic carbocycles. The first-order valence-electron chi connectivity index (χ1n) is 4.90. The number of halogens is 2. The number of aldehydes is 1. The fraction of sp³-hybridized carbons (Fsp3) is 0.250. The summed E-state index contributed by atoms with van der Waals surface area (Å²) in [6.07, 6.45) is -2.98. The second-order valence-electron chi connectivity index (χ2n) is 3.42. The Hall–Kier alpha value is -2.29. The molecule has 0 fully saturated rings. The largest absolute Gasteiger partial charge is 0.469 e. The SMILES string of the molecule is COC(=O)Cc1cc(C#N)cc(C(F)F)c1C=O. The molecular weight excluding hydrogens is 244 g/mol. The van der Waals surface area contributed by atoms with Crippen LogP contribution in [-0.4, -0.2) is 19.4 Å². The van der Waals surface area contributed by atoms with Crippen LogP contribution in [0.1, 0.15) is 33.5 Å². The van der Waals surface area contributed by atoms with Crippen LogP contribution in [0.25, 0.3) is 0 Å². The zero-order valence-electron chi connectivity index (χ0n) is 9.44. The van der Waals surface area contributed by atoms with Crippen molar-refractivity contribution in [3.8, 4) is 6.07 Å². The molecule has 0 amide bonds. The van der Waals surface area contributed by atoms with Gasteiger partial charge < -0.3 is 4.74 Å². The van der Waals surface area contributed by atoms with Gasteiger partial charge in [-0.2, -0.15) is 5.26 Å². The molecule has 1 rings (SSSR count). The summed E-state index contributed by atoms with van der Waals surface area (Å²) in [5.41, 5.74) is -0.793. The van der Waals surface area contributed by atoms with Gasteiger partial charge in [0.15, 0.2) is 6.29 Å². The Kier molecular flexibility index (Phi) is 4.49. The molecule has 4 nitrogen and oxygen atoms in total. The van der Waals surface area contributed by atoms with Crippen LogP contribution in [0.3, 0.4) is 0 Å². The van der Waals surface area contributed by atoms with Gasteiger partial charge in [-0.15, -0.1) is 0 Å². The summed E-state index contributed by atoms with van der Waals surface area (Å²) < 4.78 is 29.9. The van der Waals surface area contributed by atoms with E-state index in [1.807, 2.05) is 0 Å². The molecule has 0 bridgehead atoms. The van der Waals surface area contributed by atoms with E-state index in [9.17, 15) is 18.4 Å². The van der Waals surface area contributed by atoms with Crippen LogP contribution in [0.2, 0.25) is 0 Å². The summed E-state index contributed by atoms with van der Waals surface area (Å²) in [6.45, 7) is 0. The molecule has 0 aliphatic heterocycles. The van der Waals surface area contributed by atoms with Gasteiger partial charge in [-0.3, -0.25) is 9.59 Å². The highest BCUT2D eigenvalue weighted by atomic mass is 19.3. The minimum Gasteiger partial charge on any atom is -0.469 e. The fourth-order valence-corrected chi connectivity index (χ4v) is 1.50. The molecule has 1 aromatic carbocycles. The minimum absolute atomic E-state index is 0.0326.